The van der Waals surface area contributed by atoms with Gasteiger partial charge in [-0.25, -0.2) is 4.68 Å². The normalized spacial score (nSPS) is 10.7. The van der Waals surface area contributed by atoms with Crippen molar-refractivity contribution in [3.05, 3.63) is 83.9 Å². The van der Waals surface area contributed by atoms with Gasteiger partial charge < -0.3 is 0 Å². The maximum absolute atomic E-state index is 12.5. The van der Waals surface area contributed by atoms with Crippen LogP contribution in [0.1, 0.15) is 46.2 Å². The molecule has 0 aliphatic carbocycles. The van der Waals surface area contributed by atoms with Crippen LogP contribution in [-0.2, 0) is 6.42 Å². The van der Waals surface area contributed by atoms with Gasteiger partial charge in [0.1, 0.15) is 0 Å². The van der Waals surface area contributed by atoms with Gasteiger partial charge in [0.25, 0.3) is 11.8 Å². The van der Waals surface area contributed by atoms with E-state index in [0.29, 0.717) is 11.1 Å². The largest absolute Gasteiger partial charge is 0.270 e. The monoisotopic (exact) mass is 414 g/mol. The Labute approximate surface area is 179 Å². The minimum Gasteiger partial charge on any atom is -0.267 e. The maximum Gasteiger partial charge on any atom is 0.270 e. The first kappa shape index (κ1) is 20.2. The van der Waals surface area contributed by atoms with Crippen LogP contribution in [0.2, 0.25) is 0 Å². The van der Waals surface area contributed by atoms with Crippen molar-refractivity contribution in [2.45, 2.75) is 26.2 Å². The van der Waals surface area contributed by atoms with Gasteiger partial charge in [0, 0.05) is 28.9 Å². The molecule has 4 aromatic rings. The molecule has 8 nitrogen and oxygen atoms in total. The molecule has 0 radical (unpaired) electrons. The Morgan fingerprint density at radius 3 is 2.61 bits per heavy atom. The predicted molar refractivity (Wildman–Crippen MR) is 117 cm³/mol. The molecule has 2 aromatic heterocycles. The molecule has 2 amide bonds. The van der Waals surface area contributed by atoms with Gasteiger partial charge in [-0.1, -0.05) is 30.7 Å². The summed E-state index contributed by atoms with van der Waals surface area (Å²) in [6.07, 6.45) is 8.27. The standard InChI is InChI=1S/C23H22N6O2/c1-2-3-6-18-15-29(28-25-18)19-10-8-16(9-11-19)22(30)26-27-23(31)21-7-4-5-17-14-24-13-12-20(17)21/h4-5,7-15H,2-3,6H2,1H3,(H,26,30)(H,27,31). The first-order chi connectivity index (χ1) is 15.2. The number of aromatic nitrogens is 4. The van der Waals surface area contributed by atoms with Crippen LogP contribution in [0.3, 0.4) is 0 Å². The van der Waals surface area contributed by atoms with Crippen molar-refractivity contribution in [3.63, 3.8) is 0 Å². The van der Waals surface area contributed by atoms with Crippen LogP contribution >= 0.6 is 0 Å². The Morgan fingerprint density at radius 2 is 1.81 bits per heavy atom. The van der Waals surface area contributed by atoms with E-state index >= 15 is 0 Å². The van der Waals surface area contributed by atoms with E-state index in [1.165, 1.54) is 0 Å². The molecule has 31 heavy (non-hydrogen) atoms. The molecule has 0 unspecified atom stereocenters. The number of nitrogens with one attached hydrogen (secondary N) is 2. The van der Waals surface area contributed by atoms with Gasteiger partial charge in [0.2, 0.25) is 0 Å². The van der Waals surface area contributed by atoms with E-state index in [1.807, 2.05) is 12.3 Å². The molecule has 0 bridgehead atoms. The Bertz CT molecular complexity index is 1210. The molecule has 156 valence electrons. The number of aryl methyl sites for hydroxylation is 1. The highest BCUT2D eigenvalue weighted by Gasteiger charge is 2.12. The van der Waals surface area contributed by atoms with Crippen molar-refractivity contribution in [2.24, 2.45) is 0 Å². The Hall–Kier alpha value is -4.07. The Kier molecular flexibility index (Phi) is 5.98. The number of carbonyl (C=O) groups excluding carboxylic acids is 2. The third kappa shape index (κ3) is 4.58. The van der Waals surface area contributed by atoms with E-state index in [4.69, 9.17) is 0 Å². The highest BCUT2D eigenvalue weighted by molar-refractivity contribution is 6.07. The van der Waals surface area contributed by atoms with Crippen LogP contribution in [0.15, 0.2) is 67.1 Å². The molecule has 2 N–H and O–H groups in total. The minimum absolute atomic E-state index is 0.399. The van der Waals surface area contributed by atoms with Gasteiger partial charge in [-0.3, -0.25) is 25.4 Å². The van der Waals surface area contributed by atoms with Gasteiger partial charge in [0.15, 0.2) is 0 Å². The van der Waals surface area contributed by atoms with E-state index in [-0.39, 0.29) is 0 Å². The molecule has 2 aromatic carbocycles. The number of rotatable bonds is 6. The van der Waals surface area contributed by atoms with Crippen LogP contribution in [0.4, 0.5) is 0 Å². The zero-order chi connectivity index (χ0) is 21.6. The van der Waals surface area contributed by atoms with E-state index in [9.17, 15) is 9.59 Å². The summed E-state index contributed by atoms with van der Waals surface area (Å²) in [4.78, 5) is 29.0. The van der Waals surface area contributed by atoms with Gasteiger partial charge in [-0.15, -0.1) is 5.10 Å². The zero-order valence-corrected chi connectivity index (χ0v) is 17.1. The van der Waals surface area contributed by atoms with Crippen LogP contribution in [0, 0.1) is 0 Å². The van der Waals surface area contributed by atoms with E-state index < -0.39 is 11.8 Å². The highest BCUT2D eigenvalue weighted by Crippen LogP contribution is 2.17. The first-order valence-corrected chi connectivity index (χ1v) is 10.1. The number of nitrogens with zero attached hydrogens (tertiary/aromatic N) is 4. The van der Waals surface area contributed by atoms with Crippen molar-refractivity contribution in [1.82, 2.24) is 30.8 Å². The van der Waals surface area contributed by atoms with E-state index in [0.717, 1.165) is 41.4 Å². The molecule has 4 rings (SSSR count). The Morgan fingerprint density at radius 1 is 1.00 bits per heavy atom. The van der Waals surface area contributed by atoms with Crippen molar-refractivity contribution in [2.75, 3.05) is 0 Å². The number of benzene rings is 2. The fourth-order valence-corrected chi connectivity index (χ4v) is 3.24. The molecular weight excluding hydrogens is 392 g/mol. The second-order valence-electron chi connectivity index (χ2n) is 7.12. The van der Waals surface area contributed by atoms with Crippen molar-refractivity contribution in [3.8, 4) is 5.69 Å². The lowest BCUT2D eigenvalue weighted by atomic mass is 10.1. The highest BCUT2D eigenvalue weighted by atomic mass is 16.2. The summed E-state index contributed by atoms with van der Waals surface area (Å²) in [5.74, 6) is -0.812. The van der Waals surface area contributed by atoms with E-state index in [1.54, 1.807) is 59.5 Å². The SMILES string of the molecule is CCCCc1cn(-c2ccc(C(=O)NNC(=O)c3cccc4cnccc34)cc2)nn1. The summed E-state index contributed by atoms with van der Waals surface area (Å²) in [5.41, 5.74) is 7.55. The molecule has 0 saturated heterocycles. The molecular formula is C23H22N6O2. The van der Waals surface area contributed by atoms with Crippen LogP contribution in [0.5, 0.6) is 0 Å². The van der Waals surface area contributed by atoms with Crippen molar-refractivity contribution < 1.29 is 9.59 Å². The number of hydrogen-bond acceptors (Lipinski definition) is 5. The Balaban J connectivity index is 1.39. The molecule has 0 saturated carbocycles. The summed E-state index contributed by atoms with van der Waals surface area (Å²) < 4.78 is 1.68. The van der Waals surface area contributed by atoms with Gasteiger partial charge in [-0.05, 0) is 54.6 Å². The number of unbranched alkanes of at least 4 members (excludes halogenated alkanes) is 1. The molecule has 0 aliphatic rings. The topological polar surface area (TPSA) is 102 Å². The lowest BCUT2D eigenvalue weighted by Gasteiger charge is -2.09. The fraction of sp³-hybridized carbons (Fsp3) is 0.174. The lowest BCUT2D eigenvalue weighted by Crippen LogP contribution is -2.41. The summed E-state index contributed by atoms with van der Waals surface area (Å²) in [5, 5.41) is 9.92. The zero-order valence-electron chi connectivity index (χ0n) is 17.1. The van der Waals surface area contributed by atoms with Crippen molar-refractivity contribution in [1.29, 1.82) is 0 Å². The lowest BCUT2D eigenvalue weighted by molar-refractivity contribution is 0.0847. The smallest absolute Gasteiger partial charge is 0.267 e. The number of carbonyl (C=O) groups is 2. The fourth-order valence-electron chi connectivity index (χ4n) is 3.24. The van der Waals surface area contributed by atoms with E-state index in [2.05, 4.69) is 33.1 Å². The third-order valence-corrected chi connectivity index (χ3v) is 4.94. The van der Waals surface area contributed by atoms with Crippen LogP contribution < -0.4 is 10.9 Å². The molecule has 0 spiro atoms. The van der Waals surface area contributed by atoms with Crippen molar-refractivity contribution >= 4 is 22.6 Å². The second-order valence-corrected chi connectivity index (χ2v) is 7.12. The average molecular weight is 414 g/mol. The molecule has 2 heterocycles. The number of pyridine rings is 1. The molecule has 0 fully saturated rings. The molecule has 0 aliphatic heterocycles. The summed E-state index contributed by atoms with van der Waals surface area (Å²) in [6, 6.07) is 14.0. The molecule has 0 atom stereocenters. The number of hydrazine groups is 1. The molecule has 8 heteroatoms. The maximum atomic E-state index is 12.5. The predicted octanol–water partition coefficient (Wildman–Crippen LogP) is 3.23. The minimum atomic E-state index is -0.413. The second kappa shape index (κ2) is 9.17. The van der Waals surface area contributed by atoms with Gasteiger partial charge in [0.05, 0.1) is 17.6 Å². The third-order valence-electron chi connectivity index (χ3n) is 4.94. The summed E-state index contributed by atoms with van der Waals surface area (Å²) >= 11 is 0. The number of amides is 2. The average Bonchev–Trinajstić information content (AvgIpc) is 3.29. The van der Waals surface area contributed by atoms with Crippen LogP contribution in [0.25, 0.3) is 16.5 Å². The summed E-state index contributed by atoms with van der Waals surface area (Å²) in [7, 11) is 0. The summed E-state index contributed by atoms with van der Waals surface area (Å²) in [6.45, 7) is 2.14. The first-order valence-electron chi connectivity index (χ1n) is 10.1. The number of hydrogen-bond donors (Lipinski definition) is 2. The van der Waals surface area contributed by atoms with Gasteiger partial charge in [-0.2, -0.15) is 0 Å². The van der Waals surface area contributed by atoms with Crippen LogP contribution in [-0.4, -0.2) is 31.8 Å². The quantitative estimate of drug-likeness (QED) is 0.472. The number of fused-ring (bicyclic) bond motifs is 1. The van der Waals surface area contributed by atoms with Gasteiger partial charge >= 0.3 is 0 Å².